The van der Waals surface area contributed by atoms with Crippen LogP contribution < -0.4 is 15.5 Å². The quantitative estimate of drug-likeness (QED) is 0.802. The van der Waals surface area contributed by atoms with Crippen LogP contribution in [0, 0.1) is 0 Å². The SMILES string of the molecule is CCN1CCN(c2ccccc2NC(=O)NC(C)c2ccc(Cl)cc2)CC1. The molecule has 6 heteroatoms. The van der Waals surface area contributed by atoms with Gasteiger partial charge in [0, 0.05) is 31.2 Å². The molecular weight excluding hydrogens is 360 g/mol. The van der Waals surface area contributed by atoms with E-state index < -0.39 is 0 Å². The van der Waals surface area contributed by atoms with Gasteiger partial charge in [0.2, 0.25) is 0 Å². The third-order valence-corrected chi connectivity index (χ3v) is 5.28. The Morgan fingerprint density at radius 1 is 1.07 bits per heavy atom. The minimum atomic E-state index is -0.211. The third-order valence-electron chi connectivity index (χ3n) is 5.03. The van der Waals surface area contributed by atoms with Crippen LogP contribution >= 0.6 is 11.6 Å². The van der Waals surface area contributed by atoms with E-state index in [-0.39, 0.29) is 12.1 Å². The number of amides is 2. The van der Waals surface area contributed by atoms with E-state index in [9.17, 15) is 4.79 Å². The van der Waals surface area contributed by atoms with Crippen LogP contribution in [0.2, 0.25) is 5.02 Å². The second-order valence-corrected chi connectivity index (χ2v) is 7.25. The Morgan fingerprint density at radius 3 is 2.41 bits per heavy atom. The van der Waals surface area contributed by atoms with Crippen molar-refractivity contribution in [3.05, 3.63) is 59.1 Å². The Morgan fingerprint density at radius 2 is 1.74 bits per heavy atom. The minimum absolute atomic E-state index is 0.109. The zero-order chi connectivity index (χ0) is 19.2. The molecule has 144 valence electrons. The van der Waals surface area contributed by atoms with Gasteiger partial charge >= 0.3 is 6.03 Å². The highest BCUT2D eigenvalue weighted by molar-refractivity contribution is 6.30. The lowest BCUT2D eigenvalue weighted by Crippen LogP contribution is -2.46. The summed E-state index contributed by atoms with van der Waals surface area (Å²) in [7, 11) is 0. The highest BCUT2D eigenvalue weighted by atomic mass is 35.5. The van der Waals surface area contributed by atoms with E-state index in [0.717, 1.165) is 49.7 Å². The molecule has 1 atom stereocenters. The molecule has 1 saturated heterocycles. The number of nitrogens with zero attached hydrogens (tertiary/aromatic N) is 2. The summed E-state index contributed by atoms with van der Waals surface area (Å²) in [5, 5.41) is 6.69. The number of hydrogen-bond acceptors (Lipinski definition) is 3. The summed E-state index contributed by atoms with van der Waals surface area (Å²) >= 11 is 5.93. The van der Waals surface area contributed by atoms with Crippen molar-refractivity contribution in [2.75, 3.05) is 42.9 Å². The van der Waals surface area contributed by atoms with Crippen molar-refractivity contribution >= 4 is 29.0 Å². The molecular formula is C21H27ClN4O. The van der Waals surface area contributed by atoms with Gasteiger partial charge in [-0.2, -0.15) is 0 Å². The first kappa shape index (κ1) is 19.5. The molecule has 1 aliphatic heterocycles. The van der Waals surface area contributed by atoms with Gasteiger partial charge < -0.3 is 20.4 Å². The first-order valence-electron chi connectivity index (χ1n) is 9.46. The van der Waals surface area contributed by atoms with Crippen LogP contribution in [0.25, 0.3) is 0 Å². The van der Waals surface area contributed by atoms with Crippen LogP contribution in [0.15, 0.2) is 48.5 Å². The average molecular weight is 387 g/mol. The number of rotatable bonds is 5. The smallest absolute Gasteiger partial charge is 0.319 e. The highest BCUT2D eigenvalue weighted by Crippen LogP contribution is 2.27. The number of carbonyl (C=O) groups is 1. The van der Waals surface area contributed by atoms with Gasteiger partial charge in [-0.25, -0.2) is 4.79 Å². The molecule has 1 heterocycles. The fourth-order valence-electron chi connectivity index (χ4n) is 3.35. The van der Waals surface area contributed by atoms with Crippen LogP contribution in [0.1, 0.15) is 25.5 Å². The minimum Gasteiger partial charge on any atom is -0.367 e. The number of benzene rings is 2. The zero-order valence-corrected chi connectivity index (χ0v) is 16.7. The molecule has 2 aromatic carbocycles. The van der Waals surface area contributed by atoms with Crippen LogP contribution in [-0.2, 0) is 0 Å². The summed E-state index contributed by atoms with van der Waals surface area (Å²) in [6.45, 7) is 9.26. The van der Waals surface area contributed by atoms with Gasteiger partial charge in [0.1, 0.15) is 0 Å². The van der Waals surface area contributed by atoms with Gasteiger partial charge in [-0.05, 0) is 43.3 Å². The van der Waals surface area contributed by atoms with E-state index in [1.54, 1.807) is 0 Å². The van der Waals surface area contributed by atoms with Crippen LogP contribution in [0.5, 0.6) is 0 Å². The normalized spacial score (nSPS) is 16.0. The van der Waals surface area contributed by atoms with Crippen molar-refractivity contribution < 1.29 is 4.79 Å². The maximum atomic E-state index is 12.5. The lowest BCUT2D eigenvalue weighted by atomic mass is 10.1. The average Bonchev–Trinajstić information content (AvgIpc) is 2.69. The predicted octanol–water partition coefficient (Wildman–Crippen LogP) is 4.36. The second kappa shape index (κ2) is 9.11. The fourth-order valence-corrected chi connectivity index (χ4v) is 3.48. The molecule has 5 nitrogen and oxygen atoms in total. The van der Waals surface area contributed by atoms with Gasteiger partial charge in [0.25, 0.3) is 0 Å². The number of likely N-dealkylation sites (N-methyl/N-ethyl adjacent to an activating group) is 1. The number of carbonyl (C=O) groups excluding carboxylic acids is 1. The van der Waals surface area contributed by atoms with E-state index >= 15 is 0 Å². The molecule has 2 amide bonds. The van der Waals surface area contributed by atoms with Crippen molar-refractivity contribution in [3.63, 3.8) is 0 Å². The van der Waals surface area contributed by atoms with Crippen LogP contribution in [0.4, 0.5) is 16.2 Å². The number of piperazine rings is 1. The molecule has 1 fully saturated rings. The summed E-state index contributed by atoms with van der Waals surface area (Å²) in [6.07, 6.45) is 0. The van der Waals surface area contributed by atoms with E-state index in [1.807, 2.05) is 49.4 Å². The Labute approximate surface area is 166 Å². The van der Waals surface area contributed by atoms with Gasteiger partial charge in [-0.1, -0.05) is 42.8 Å². The number of urea groups is 1. The number of para-hydroxylation sites is 2. The Bertz CT molecular complexity index is 757. The lowest BCUT2D eigenvalue weighted by molar-refractivity contribution is 0.249. The molecule has 3 rings (SSSR count). The fraction of sp³-hybridized carbons (Fsp3) is 0.381. The van der Waals surface area contributed by atoms with Crippen LogP contribution in [-0.4, -0.2) is 43.7 Å². The highest BCUT2D eigenvalue weighted by Gasteiger charge is 2.19. The summed E-state index contributed by atoms with van der Waals surface area (Å²) < 4.78 is 0. The molecule has 0 saturated carbocycles. The molecule has 1 unspecified atom stereocenters. The molecule has 2 N–H and O–H groups in total. The standard InChI is InChI=1S/C21H27ClN4O/c1-3-25-12-14-26(15-13-25)20-7-5-4-6-19(20)24-21(27)23-16(2)17-8-10-18(22)11-9-17/h4-11,16H,3,12-15H2,1-2H3,(H2,23,24,27). The van der Waals surface area contributed by atoms with Crippen molar-refractivity contribution in [1.29, 1.82) is 0 Å². The van der Waals surface area contributed by atoms with Crippen molar-refractivity contribution in [3.8, 4) is 0 Å². The van der Waals surface area contributed by atoms with E-state index in [2.05, 4.69) is 33.4 Å². The van der Waals surface area contributed by atoms with Crippen molar-refractivity contribution in [1.82, 2.24) is 10.2 Å². The van der Waals surface area contributed by atoms with Gasteiger partial charge in [-0.15, -0.1) is 0 Å². The Balaban J connectivity index is 1.63. The van der Waals surface area contributed by atoms with E-state index in [0.29, 0.717) is 5.02 Å². The first-order valence-corrected chi connectivity index (χ1v) is 9.84. The Kier molecular flexibility index (Phi) is 6.58. The van der Waals surface area contributed by atoms with Crippen molar-refractivity contribution in [2.24, 2.45) is 0 Å². The zero-order valence-electron chi connectivity index (χ0n) is 15.9. The number of hydrogen-bond donors (Lipinski definition) is 2. The number of anilines is 2. The predicted molar refractivity (Wildman–Crippen MR) is 113 cm³/mol. The molecule has 0 aliphatic carbocycles. The Hall–Kier alpha value is -2.24. The first-order chi connectivity index (χ1) is 13.1. The molecule has 0 spiro atoms. The van der Waals surface area contributed by atoms with Crippen LogP contribution in [0.3, 0.4) is 0 Å². The largest absolute Gasteiger partial charge is 0.367 e. The van der Waals surface area contributed by atoms with E-state index in [1.165, 1.54) is 0 Å². The molecule has 1 aliphatic rings. The summed E-state index contributed by atoms with van der Waals surface area (Å²) in [5.41, 5.74) is 2.92. The summed E-state index contributed by atoms with van der Waals surface area (Å²) in [6, 6.07) is 15.2. The maximum absolute atomic E-state index is 12.5. The van der Waals surface area contributed by atoms with Gasteiger partial charge in [-0.3, -0.25) is 0 Å². The third kappa shape index (κ3) is 5.15. The van der Waals surface area contributed by atoms with Gasteiger partial charge in [0.05, 0.1) is 17.4 Å². The van der Waals surface area contributed by atoms with Gasteiger partial charge in [0.15, 0.2) is 0 Å². The lowest BCUT2D eigenvalue weighted by Gasteiger charge is -2.36. The molecule has 0 bridgehead atoms. The molecule has 27 heavy (non-hydrogen) atoms. The van der Waals surface area contributed by atoms with E-state index in [4.69, 9.17) is 11.6 Å². The number of halogens is 1. The number of nitrogens with one attached hydrogen (secondary N) is 2. The second-order valence-electron chi connectivity index (χ2n) is 6.81. The van der Waals surface area contributed by atoms with Crippen molar-refractivity contribution in [2.45, 2.75) is 19.9 Å². The monoisotopic (exact) mass is 386 g/mol. The molecule has 0 aromatic heterocycles. The maximum Gasteiger partial charge on any atom is 0.319 e. The molecule has 2 aromatic rings. The topological polar surface area (TPSA) is 47.6 Å². The molecule has 0 radical (unpaired) electrons. The summed E-state index contributed by atoms with van der Waals surface area (Å²) in [4.78, 5) is 17.3. The summed E-state index contributed by atoms with van der Waals surface area (Å²) in [5.74, 6) is 0.